The molecule has 0 bridgehead atoms. The van der Waals surface area contributed by atoms with E-state index in [1.165, 1.54) is 50.5 Å². The van der Waals surface area contributed by atoms with Crippen LogP contribution in [0.2, 0.25) is 0 Å². The molecule has 1 saturated carbocycles. The van der Waals surface area contributed by atoms with Gasteiger partial charge in [0.05, 0.1) is 0 Å². The third kappa shape index (κ3) is 44.1. The van der Waals surface area contributed by atoms with Crippen molar-refractivity contribution in [2.45, 2.75) is 138 Å². The Morgan fingerprint density at radius 2 is 1.31 bits per heavy atom. The number of aryl methyl sites for hydroxylation is 1. The summed E-state index contributed by atoms with van der Waals surface area (Å²) in [6, 6.07) is 10.8. The summed E-state index contributed by atoms with van der Waals surface area (Å²) in [7, 11) is 0. The molecule has 2 rings (SSSR count). The largest absolute Gasteiger partial charge is 0.368 e. The Kier molecular flexibility index (Phi) is 40.1. The summed E-state index contributed by atoms with van der Waals surface area (Å²) < 4.78 is 13.8. The smallest absolute Gasteiger partial charge is 0.219 e. The lowest BCUT2D eigenvalue weighted by Crippen LogP contribution is -2.21. The van der Waals surface area contributed by atoms with Gasteiger partial charge in [0.2, 0.25) is 5.91 Å². The number of allylic oxidation sites excluding steroid dienone is 4. The van der Waals surface area contributed by atoms with Gasteiger partial charge in [-0.1, -0.05) is 67.5 Å². The second-order valence-corrected chi connectivity index (χ2v) is 10.4. The van der Waals surface area contributed by atoms with Gasteiger partial charge in [0.1, 0.15) is 0 Å². The van der Waals surface area contributed by atoms with Gasteiger partial charge in [0.15, 0.2) is 18.9 Å². The molecule has 0 spiro atoms. The van der Waals surface area contributed by atoms with E-state index >= 15 is 0 Å². The van der Waals surface area contributed by atoms with Crippen LogP contribution in [0.15, 0.2) is 54.6 Å². The minimum absolute atomic E-state index is 0.164. The van der Waals surface area contributed by atoms with Crippen molar-refractivity contribution in [1.82, 2.24) is 5.32 Å². The van der Waals surface area contributed by atoms with Crippen molar-refractivity contribution < 1.29 is 34.3 Å². The number of carbonyl (C=O) groups excluding carboxylic acids is 1. The molecular formula is C37H69NO7. The molecule has 4 N–H and O–H groups in total. The van der Waals surface area contributed by atoms with Crippen molar-refractivity contribution in [3.63, 3.8) is 0 Å². The Morgan fingerprint density at radius 3 is 1.71 bits per heavy atom. The molecule has 3 unspecified atom stereocenters. The maximum Gasteiger partial charge on any atom is 0.219 e. The molecule has 0 aliphatic heterocycles. The van der Waals surface area contributed by atoms with Crippen LogP contribution in [-0.4, -0.2) is 66.5 Å². The Balaban J connectivity index is -0.000000531. The van der Waals surface area contributed by atoms with Crippen LogP contribution in [0.4, 0.5) is 0 Å². The number of hydrogen-bond acceptors (Lipinski definition) is 7. The van der Waals surface area contributed by atoms with Gasteiger partial charge in [-0.3, -0.25) is 4.79 Å². The molecule has 8 heteroatoms. The molecule has 3 atom stereocenters. The number of hydrogen-bond donors (Lipinski definition) is 4. The molecular weight excluding hydrogens is 570 g/mol. The monoisotopic (exact) mass is 640 g/mol. The van der Waals surface area contributed by atoms with Gasteiger partial charge >= 0.3 is 0 Å². The topological polar surface area (TPSA) is 117 Å². The van der Waals surface area contributed by atoms with E-state index in [4.69, 9.17) is 15.3 Å². The number of aliphatic hydroxyl groups is 3. The van der Waals surface area contributed by atoms with Gasteiger partial charge < -0.3 is 34.8 Å². The first-order valence-corrected chi connectivity index (χ1v) is 17.0. The highest BCUT2D eigenvalue weighted by molar-refractivity contribution is 5.75. The van der Waals surface area contributed by atoms with Crippen LogP contribution in [0, 0.1) is 5.92 Å². The lowest BCUT2D eigenvalue weighted by atomic mass is 10.1. The van der Waals surface area contributed by atoms with Gasteiger partial charge in [0.25, 0.3) is 0 Å². The lowest BCUT2D eigenvalue weighted by Gasteiger charge is -2.01. The van der Waals surface area contributed by atoms with Crippen LogP contribution in [0.25, 0.3) is 0 Å². The molecule has 1 amide bonds. The fourth-order valence-corrected chi connectivity index (χ4v) is 4.06. The van der Waals surface area contributed by atoms with E-state index in [-0.39, 0.29) is 5.91 Å². The number of nitrogens with one attached hydrogen (secondary N) is 1. The zero-order valence-corrected chi connectivity index (χ0v) is 29.9. The summed E-state index contributed by atoms with van der Waals surface area (Å²) in [4.78, 5) is 10.9. The van der Waals surface area contributed by atoms with Crippen molar-refractivity contribution in [2.75, 3.05) is 26.4 Å². The molecule has 1 aromatic carbocycles. The minimum Gasteiger partial charge on any atom is -0.368 e. The number of rotatable bonds is 16. The van der Waals surface area contributed by atoms with E-state index in [0.29, 0.717) is 26.2 Å². The Morgan fingerprint density at radius 1 is 0.822 bits per heavy atom. The first-order chi connectivity index (χ1) is 21.6. The van der Waals surface area contributed by atoms with Crippen LogP contribution in [0.1, 0.15) is 119 Å². The number of ether oxygens (including phenoxy) is 3. The van der Waals surface area contributed by atoms with Gasteiger partial charge in [-0.05, 0) is 112 Å². The first-order valence-electron chi connectivity index (χ1n) is 17.0. The molecule has 1 aliphatic carbocycles. The maximum absolute atomic E-state index is 10.9. The average Bonchev–Trinajstić information content (AvgIpc) is 3.51. The van der Waals surface area contributed by atoms with Crippen LogP contribution < -0.4 is 5.32 Å². The van der Waals surface area contributed by atoms with E-state index in [0.717, 1.165) is 25.3 Å². The van der Waals surface area contributed by atoms with E-state index in [1.54, 1.807) is 20.8 Å². The third-order valence-electron chi connectivity index (χ3n) is 6.10. The summed E-state index contributed by atoms with van der Waals surface area (Å²) >= 11 is 0. The normalized spacial score (nSPS) is 14.5. The summed E-state index contributed by atoms with van der Waals surface area (Å²) in [5.41, 5.74) is 1.47. The standard InChI is InChI=1S/C16H22.C9H17NO.3C4H10O2/c1-3-9-15(10-4-1)11-5-2-6-12-16-13-7-8-14-16;1-3-5-6-7-8-9(11)10-4-2;3*1-3-6-4(2)5/h1,3-4,6,9-10,12,16H,2,5,7-8,11,13-14H2;3,5H,4,6-8H2,1-2H3,(H,10,11);3*4-5H,3H2,1-2H3/b12-6+;5-3-;;;. The van der Waals surface area contributed by atoms with Crippen molar-refractivity contribution in [2.24, 2.45) is 5.92 Å². The average molecular weight is 640 g/mol. The van der Waals surface area contributed by atoms with Crippen molar-refractivity contribution in [3.05, 3.63) is 60.2 Å². The Labute approximate surface area is 276 Å². The minimum atomic E-state index is -0.602. The van der Waals surface area contributed by atoms with E-state index in [1.807, 2.05) is 40.7 Å². The fourth-order valence-electron chi connectivity index (χ4n) is 4.06. The summed E-state index contributed by atoms with van der Waals surface area (Å²) in [6.07, 6.45) is 19.2. The third-order valence-corrected chi connectivity index (χ3v) is 6.10. The number of unbranched alkanes of at least 4 members (excludes halogenated alkanes) is 2. The van der Waals surface area contributed by atoms with Crippen molar-refractivity contribution in [3.8, 4) is 0 Å². The number of benzene rings is 1. The quantitative estimate of drug-likeness (QED) is 0.0831. The second-order valence-electron chi connectivity index (χ2n) is 10.4. The molecule has 0 aromatic heterocycles. The van der Waals surface area contributed by atoms with Gasteiger partial charge in [-0.2, -0.15) is 0 Å². The number of aliphatic hydroxyl groups excluding tert-OH is 3. The predicted octanol–water partition coefficient (Wildman–Crippen LogP) is 7.71. The lowest BCUT2D eigenvalue weighted by molar-refractivity contribution is -0.121. The van der Waals surface area contributed by atoms with Gasteiger partial charge in [-0.25, -0.2) is 0 Å². The van der Waals surface area contributed by atoms with E-state index in [9.17, 15) is 4.79 Å². The predicted molar refractivity (Wildman–Crippen MR) is 188 cm³/mol. The molecule has 45 heavy (non-hydrogen) atoms. The second kappa shape index (κ2) is 38.1. The van der Waals surface area contributed by atoms with Crippen molar-refractivity contribution in [1.29, 1.82) is 0 Å². The highest BCUT2D eigenvalue weighted by atomic mass is 16.6. The molecule has 0 heterocycles. The summed E-state index contributed by atoms with van der Waals surface area (Å²) in [6.45, 7) is 16.7. The van der Waals surface area contributed by atoms with Crippen LogP contribution in [0.3, 0.4) is 0 Å². The zero-order valence-electron chi connectivity index (χ0n) is 29.9. The SMILES string of the molecule is C(=C\C1CCCC1)/CCCc1ccccc1.C/C=C\CCCC(=O)NCC.CCOC(C)O.CCOC(C)O.CCOC(C)O. The molecule has 1 aromatic rings. The van der Waals surface area contributed by atoms with Crippen LogP contribution in [-0.2, 0) is 25.4 Å². The highest BCUT2D eigenvalue weighted by Gasteiger charge is 2.10. The summed E-state index contributed by atoms with van der Waals surface area (Å²) in [5.74, 6) is 1.06. The molecule has 264 valence electrons. The van der Waals surface area contributed by atoms with Crippen molar-refractivity contribution >= 4 is 5.91 Å². The zero-order chi connectivity index (χ0) is 34.6. The van der Waals surface area contributed by atoms with Crippen LogP contribution in [0.5, 0.6) is 0 Å². The van der Waals surface area contributed by atoms with E-state index < -0.39 is 18.9 Å². The molecule has 1 fully saturated rings. The van der Waals surface area contributed by atoms with E-state index in [2.05, 4.69) is 68.1 Å². The fraction of sp³-hybridized carbons (Fsp3) is 0.703. The van der Waals surface area contributed by atoms with Gasteiger partial charge in [0, 0.05) is 32.8 Å². The first kappa shape index (κ1) is 47.3. The molecule has 1 aliphatic rings. The molecule has 0 radical (unpaired) electrons. The summed E-state index contributed by atoms with van der Waals surface area (Å²) in [5, 5.41) is 27.7. The molecule has 0 saturated heterocycles. The highest BCUT2D eigenvalue weighted by Crippen LogP contribution is 2.25. The van der Waals surface area contributed by atoms with Gasteiger partial charge in [-0.15, -0.1) is 0 Å². The number of carbonyl (C=O) groups is 1. The Hall–Kier alpha value is -2.07. The number of amides is 1. The maximum atomic E-state index is 10.9. The molecule has 8 nitrogen and oxygen atoms in total. The van der Waals surface area contributed by atoms with Crippen LogP contribution >= 0.6 is 0 Å². The Bertz CT molecular complexity index is 738.